The summed E-state index contributed by atoms with van der Waals surface area (Å²) >= 11 is 0. The summed E-state index contributed by atoms with van der Waals surface area (Å²) in [4.78, 5) is 41.3. The minimum Gasteiger partial charge on any atom is -0.378 e. The highest BCUT2D eigenvalue weighted by Crippen LogP contribution is 2.29. The standard InChI is InChI=1S/C31H29N5O2/c1-34(2)25-15-13-22(14-16-25)30(37)35-17-18-36(28(20-35)29-32-26-9-5-6-10-27(26)33-29)31(38)24-12-11-21-7-3-4-8-23(21)19-24/h3-16,19,28H,17-18,20H2,1-2H3,(H,32,33). The van der Waals surface area contributed by atoms with Gasteiger partial charge >= 0.3 is 0 Å². The smallest absolute Gasteiger partial charge is 0.254 e. The Morgan fingerprint density at radius 2 is 1.53 bits per heavy atom. The largest absolute Gasteiger partial charge is 0.378 e. The average Bonchev–Trinajstić information content (AvgIpc) is 3.40. The number of aromatic nitrogens is 2. The Balaban J connectivity index is 1.33. The molecule has 2 heterocycles. The van der Waals surface area contributed by atoms with Crippen LogP contribution in [0, 0.1) is 0 Å². The van der Waals surface area contributed by atoms with Crippen molar-refractivity contribution in [3.05, 3.63) is 108 Å². The Morgan fingerprint density at radius 1 is 0.816 bits per heavy atom. The lowest BCUT2D eigenvalue weighted by atomic mass is 10.0. The quantitative estimate of drug-likeness (QED) is 0.369. The SMILES string of the molecule is CN(C)c1ccc(C(=O)N2CCN(C(=O)c3ccc4ccccc4c3)C(c3nc4ccccc4[nH]3)C2)cc1. The molecule has 4 aromatic carbocycles. The number of aromatic amines is 1. The van der Waals surface area contributed by atoms with Gasteiger partial charge in [0.1, 0.15) is 11.9 Å². The first kappa shape index (κ1) is 23.7. The summed E-state index contributed by atoms with van der Waals surface area (Å²) < 4.78 is 0. The summed E-state index contributed by atoms with van der Waals surface area (Å²) in [7, 11) is 3.95. The molecule has 7 nitrogen and oxygen atoms in total. The van der Waals surface area contributed by atoms with Crippen molar-refractivity contribution in [3.8, 4) is 0 Å². The second-order valence-electron chi connectivity index (χ2n) is 9.91. The van der Waals surface area contributed by atoms with Crippen LogP contribution in [0.25, 0.3) is 21.8 Å². The first-order valence-corrected chi connectivity index (χ1v) is 12.8. The molecule has 1 saturated heterocycles. The van der Waals surface area contributed by atoms with Crippen molar-refractivity contribution >= 4 is 39.3 Å². The highest BCUT2D eigenvalue weighted by Gasteiger charge is 2.36. The van der Waals surface area contributed by atoms with Crippen molar-refractivity contribution in [3.63, 3.8) is 0 Å². The normalized spacial score (nSPS) is 15.7. The fourth-order valence-electron chi connectivity index (χ4n) is 5.15. The first-order valence-electron chi connectivity index (χ1n) is 12.8. The van der Waals surface area contributed by atoms with Gasteiger partial charge in [-0.25, -0.2) is 4.98 Å². The van der Waals surface area contributed by atoms with Crippen molar-refractivity contribution in [2.75, 3.05) is 38.6 Å². The van der Waals surface area contributed by atoms with E-state index in [1.165, 1.54) is 0 Å². The molecule has 1 N–H and O–H groups in total. The average molecular weight is 504 g/mol. The fourth-order valence-corrected chi connectivity index (χ4v) is 5.15. The van der Waals surface area contributed by atoms with Gasteiger partial charge in [0.25, 0.3) is 11.8 Å². The van der Waals surface area contributed by atoms with Crippen LogP contribution in [-0.4, -0.2) is 65.3 Å². The number of imidazole rings is 1. The summed E-state index contributed by atoms with van der Waals surface area (Å²) in [5.41, 5.74) is 4.04. The van der Waals surface area contributed by atoms with Crippen molar-refractivity contribution in [2.45, 2.75) is 6.04 Å². The molecule has 2 amide bonds. The van der Waals surface area contributed by atoms with E-state index >= 15 is 0 Å². The number of benzene rings is 4. The number of amides is 2. The van der Waals surface area contributed by atoms with E-state index in [-0.39, 0.29) is 11.8 Å². The van der Waals surface area contributed by atoms with Gasteiger partial charge < -0.3 is 19.7 Å². The maximum Gasteiger partial charge on any atom is 0.254 e. The summed E-state index contributed by atoms with van der Waals surface area (Å²) in [5.74, 6) is 0.568. The van der Waals surface area contributed by atoms with Gasteiger partial charge in [0, 0.05) is 50.5 Å². The Labute approximate surface area is 221 Å². The lowest BCUT2D eigenvalue weighted by molar-refractivity contribution is 0.0371. The molecule has 0 aliphatic carbocycles. The highest BCUT2D eigenvalue weighted by molar-refractivity contribution is 5.99. The molecule has 0 saturated carbocycles. The number of hydrogen-bond donors (Lipinski definition) is 1. The molecular weight excluding hydrogens is 474 g/mol. The number of H-pyrrole nitrogens is 1. The van der Waals surface area contributed by atoms with Crippen LogP contribution in [0.2, 0.25) is 0 Å². The van der Waals surface area contributed by atoms with E-state index in [2.05, 4.69) is 4.98 Å². The van der Waals surface area contributed by atoms with Gasteiger partial charge in [0.05, 0.1) is 11.0 Å². The number of carbonyl (C=O) groups excluding carboxylic acids is 2. The molecule has 1 fully saturated rings. The third-order valence-corrected chi connectivity index (χ3v) is 7.28. The molecule has 5 aromatic rings. The number of rotatable bonds is 4. The van der Waals surface area contributed by atoms with E-state index < -0.39 is 6.04 Å². The molecule has 1 atom stereocenters. The topological polar surface area (TPSA) is 72.5 Å². The summed E-state index contributed by atoms with van der Waals surface area (Å²) in [6, 6.07) is 28.9. The monoisotopic (exact) mass is 503 g/mol. The minimum absolute atomic E-state index is 0.0470. The molecular formula is C31H29N5O2. The Hall–Kier alpha value is -4.65. The maximum atomic E-state index is 13.9. The third-order valence-electron chi connectivity index (χ3n) is 7.28. The van der Waals surface area contributed by atoms with Gasteiger partial charge in [0.2, 0.25) is 0 Å². The molecule has 1 aliphatic rings. The van der Waals surface area contributed by atoms with Crippen LogP contribution < -0.4 is 4.90 Å². The Morgan fingerprint density at radius 3 is 2.29 bits per heavy atom. The number of para-hydroxylation sites is 2. The number of anilines is 1. The molecule has 1 aliphatic heterocycles. The van der Waals surface area contributed by atoms with E-state index in [1.54, 1.807) is 0 Å². The van der Waals surface area contributed by atoms with Crippen molar-refractivity contribution < 1.29 is 9.59 Å². The fraction of sp³-hybridized carbons (Fsp3) is 0.194. The van der Waals surface area contributed by atoms with Crippen LogP contribution in [0.3, 0.4) is 0 Å². The van der Waals surface area contributed by atoms with Crippen molar-refractivity contribution in [2.24, 2.45) is 0 Å². The van der Waals surface area contributed by atoms with Gasteiger partial charge in [0.15, 0.2) is 0 Å². The Bertz CT molecular complexity index is 1610. The van der Waals surface area contributed by atoms with Crippen LogP contribution >= 0.6 is 0 Å². The number of carbonyl (C=O) groups is 2. The van der Waals surface area contributed by atoms with Crippen LogP contribution in [0.15, 0.2) is 91.0 Å². The van der Waals surface area contributed by atoms with E-state index in [9.17, 15) is 9.59 Å². The Kier molecular flexibility index (Phi) is 6.04. The van der Waals surface area contributed by atoms with E-state index in [0.29, 0.717) is 36.6 Å². The number of hydrogen-bond acceptors (Lipinski definition) is 4. The number of piperazine rings is 1. The number of fused-ring (bicyclic) bond motifs is 2. The van der Waals surface area contributed by atoms with Gasteiger partial charge in [-0.05, 0) is 59.3 Å². The second-order valence-corrected chi connectivity index (χ2v) is 9.91. The van der Waals surface area contributed by atoms with Gasteiger partial charge in [-0.1, -0.05) is 42.5 Å². The number of nitrogens with one attached hydrogen (secondary N) is 1. The molecule has 0 bridgehead atoms. The van der Waals surface area contributed by atoms with Crippen LogP contribution in [0.5, 0.6) is 0 Å². The maximum absolute atomic E-state index is 13.9. The molecule has 1 unspecified atom stereocenters. The highest BCUT2D eigenvalue weighted by atomic mass is 16.2. The van der Waals surface area contributed by atoms with Crippen molar-refractivity contribution in [1.82, 2.24) is 19.8 Å². The third kappa shape index (κ3) is 4.36. The molecule has 190 valence electrons. The van der Waals surface area contributed by atoms with E-state index in [0.717, 1.165) is 27.5 Å². The van der Waals surface area contributed by atoms with Gasteiger partial charge in [-0.3, -0.25) is 9.59 Å². The minimum atomic E-state index is -0.403. The summed E-state index contributed by atoms with van der Waals surface area (Å²) in [6.07, 6.45) is 0. The first-order chi connectivity index (χ1) is 18.5. The van der Waals surface area contributed by atoms with Crippen LogP contribution in [0.1, 0.15) is 32.6 Å². The molecule has 0 radical (unpaired) electrons. The zero-order chi connectivity index (χ0) is 26.2. The molecule has 1 aromatic heterocycles. The molecule has 7 heteroatoms. The molecule has 38 heavy (non-hydrogen) atoms. The van der Waals surface area contributed by atoms with Crippen LogP contribution in [0.4, 0.5) is 5.69 Å². The zero-order valence-corrected chi connectivity index (χ0v) is 21.5. The second kappa shape index (κ2) is 9.67. The van der Waals surface area contributed by atoms with Crippen molar-refractivity contribution in [1.29, 1.82) is 0 Å². The predicted octanol–water partition coefficient (Wildman–Crippen LogP) is 5.12. The number of nitrogens with zero attached hydrogens (tertiary/aromatic N) is 4. The van der Waals surface area contributed by atoms with E-state index in [1.807, 2.05) is 120 Å². The van der Waals surface area contributed by atoms with Gasteiger partial charge in [-0.2, -0.15) is 0 Å². The summed E-state index contributed by atoms with van der Waals surface area (Å²) in [5, 5.41) is 2.11. The lowest BCUT2D eigenvalue weighted by Crippen LogP contribution is -2.52. The molecule has 0 spiro atoms. The van der Waals surface area contributed by atoms with Crippen LogP contribution in [-0.2, 0) is 0 Å². The molecule has 6 rings (SSSR count). The summed E-state index contributed by atoms with van der Waals surface area (Å²) in [6.45, 7) is 1.21. The van der Waals surface area contributed by atoms with Gasteiger partial charge in [-0.15, -0.1) is 0 Å². The van der Waals surface area contributed by atoms with E-state index in [4.69, 9.17) is 4.98 Å². The zero-order valence-electron chi connectivity index (χ0n) is 21.5. The lowest BCUT2D eigenvalue weighted by Gasteiger charge is -2.40. The predicted molar refractivity (Wildman–Crippen MR) is 150 cm³/mol.